The zero-order chi connectivity index (χ0) is 12.3. The van der Waals surface area contributed by atoms with Gasteiger partial charge in [0, 0.05) is 24.8 Å². The summed E-state index contributed by atoms with van der Waals surface area (Å²) in [6.45, 7) is 9.73. The van der Waals surface area contributed by atoms with Crippen LogP contribution < -0.4 is 10.2 Å². The minimum atomic E-state index is 0.131. The Kier molecular flexibility index (Phi) is 3.98. The Hall–Kier alpha value is -1.02. The Morgan fingerprint density at radius 3 is 2.38 bits per heavy atom. The molecule has 0 aliphatic heterocycles. The summed E-state index contributed by atoms with van der Waals surface area (Å²) < 4.78 is 0. The van der Waals surface area contributed by atoms with E-state index in [2.05, 4.69) is 63.2 Å². The van der Waals surface area contributed by atoms with E-state index in [0.717, 1.165) is 6.54 Å². The van der Waals surface area contributed by atoms with Crippen molar-refractivity contribution in [3.63, 3.8) is 0 Å². The third kappa shape index (κ3) is 3.24. The van der Waals surface area contributed by atoms with Crippen molar-refractivity contribution >= 4 is 5.69 Å². The smallest absolute Gasteiger partial charge is 0.0394 e. The van der Waals surface area contributed by atoms with Crippen LogP contribution in [0.15, 0.2) is 18.2 Å². The van der Waals surface area contributed by atoms with E-state index in [1.165, 1.54) is 16.8 Å². The van der Waals surface area contributed by atoms with Crippen molar-refractivity contribution in [3.05, 3.63) is 29.3 Å². The number of aryl methyl sites for hydroxylation is 2. The lowest BCUT2D eigenvalue weighted by atomic mass is 10.0. The standard InChI is InChI=1S/C14H24N2/c1-11-7-8-13(12(2)9-11)16(6)10-14(3,4)15-5/h7-9,15H,10H2,1-6H3. The van der Waals surface area contributed by atoms with Crippen LogP contribution in [0.3, 0.4) is 0 Å². The second-order valence-electron chi connectivity index (χ2n) is 5.28. The topological polar surface area (TPSA) is 15.3 Å². The molecule has 0 saturated heterocycles. The quantitative estimate of drug-likeness (QED) is 0.839. The minimum Gasteiger partial charge on any atom is -0.373 e. The number of hydrogen-bond acceptors (Lipinski definition) is 2. The Labute approximate surface area is 99.7 Å². The number of benzene rings is 1. The maximum Gasteiger partial charge on any atom is 0.0394 e. The Morgan fingerprint density at radius 2 is 1.88 bits per heavy atom. The van der Waals surface area contributed by atoms with Gasteiger partial charge < -0.3 is 10.2 Å². The number of nitrogens with zero attached hydrogens (tertiary/aromatic N) is 1. The van der Waals surface area contributed by atoms with E-state index in [9.17, 15) is 0 Å². The first-order chi connectivity index (χ1) is 7.35. The zero-order valence-corrected chi connectivity index (χ0v) is 11.4. The Balaban J connectivity index is 2.84. The van der Waals surface area contributed by atoms with Crippen molar-refractivity contribution in [2.45, 2.75) is 33.2 Å². The Morgan fingerprint density at radius 1 is 1.25 bits per heavy atom. The lowest BCUT2D eigenvalue weighted by molar-refractivity contribution is 0.428. The molecule has 1 aromatic rings. The minimum absolute atomic E-state index is 0.131. The van der Waals surface area contributed by atoms with Crippen LogP contribution in [0.25, 0.3) is 0 Å². The molecule has 0 fully saturated rings. The SMILES string of the molecule is CNC(C)(C)CN(C)c1ccc(C)cc1C. The fourth-order valence-electron chi connectivity index (χ4n) is 1.99. The van der Waals surface area contributed by atoms with Gasteiger partial charge in [0.2, 0.25) is 0 Å². The molecule has 1 rings (SSSR count). The first-order valence-corrected chi connectivity index (χ1v) is 5.83. The van der Waals surface area contributed by atoms with Crippen molar-refractivity contribution in [3.8, 4) is 0 Å². The molecule has 0 aromatic heterocycles. The molecule has 0 unspecified atom stereocenters. The molecule has 0 atom stereocenters. The van der Waals surface area contributed by atoms with Crippen LogP contribution in [0.2, 0.25) is 0 Å². The highest BCUT2D eigenvalue weighted by Crippen LogP contribution is 2.21. The number of anilines is 1. The first-order valence-electron chi connectivity index (χ1n) is 5.83. The summed E-state index contributed by atoms with van der Waals surface area (Å²) in [4.78, 5) is 2.31. The van der Waals surface area contributed by atoms with Crippen molar-refractivity contribution in [1.82, 2.24) is 5.32 Å². The molecule has 0 heterocycles. The van der Waals surface area contributed by atoms with Crippen molar-refractivity contribution in [2.24, 2.45) is 0 Å². The maximum atomic E-state index is 3.33. The molecular formula is C14H24N2. The van der Waals surface area contributed by atoms with Crippen molar-refractivity contribution < 1.29 is 0 Å². The first kappa shape index (κ1) is 13.0. The molecule has 1 aromatic carbocycles. The monoisotopic (exact) mass is 220 g/mol. The summed E-state index contributed by atoms with van der Waals surface area (Å²) in [5.41, 5.74) is 4.11. The van der Waals surface area contributed by atoms with Gasteiger partial charge in [0.25, 0.3) is 0 Å². The van der Waals surface area contributed by atoms with E-state index in [0.29, 0.717) is 0 Å². The van der Waals surface area contributed by atoms with Gasteiger partial charge in [0.1, 0.15) is 0 Å². The molecule has 0 radical (unpaired) electrons. The number of nitrogens with one attached hydrogen (secondary N) is 1. The summed E-state index contributed by atoms with van der Waals surface area (Å²) in [5, 5.41) is 3.33. The zero-order valence-electron chi connectivity index (χ0n) is 11.4. The average Bonchev–Trinajstić information content (AvgIpc) is 2.16. The highest BCUT2D eigenvalue weighted by atomic mass is 15.1. The fraction of sp³-hybridized carbons (Fsp3) is 0.571. The highest BCUT2D eigenvalue weighted by molar-refractivity contribution is 5.54. The normalized spacial score (nSPS) is 11.6. The third-order valence-electron chi connectivity index (χ3n) is 3.07. The van der Waals surface area contributed by atoms with Gasteiger partial charge >= 0.3 is 0 Å². The van der Waals surface area contributed by atoms with Crippen LogP contribution in [0.4, 0.5) is 5.69 Å². The van der Waals surface area contributed by atoms with Gasteiger partial charge in [0.15, 0.2) is 0 Å². The molecule has 0 aliphatic carbocycles. The lowest BCUT2D eigenvalue weighted by Gasteiger charge is -2.32. The molecule has 2 heteroatoms. The highest BCUT2D eigenvalue weighted by Gasteiger charge is 2.18. The maximum absolute atomic E-state index is 3.33. The molecule has 0 aliphatic rings. The molecular weight excluding hydrogens is 196 g/mol. The summed E-state index contributed by atoms with van der Waals surface area (Å²) >= 11 is 0. The molecule has 0 amide bonds. The van der Waals surface area contributed by atoms with Gasteiger partial charge in [-0.2, -0.15) is 0 Å². The largest absolute Gasteiger partial charge is 0.373 e. The molecule has 0 saturated carbocycles. The van der Waals surface area contributed by atoms with Crippen LogP contribution in [0.1, 0.15) is 25.0 Å². The second-order valence-corrected chi connectivity index (χ2v) is 5.28. The van der Waals surface area contributed by atoms with Crippen LogP contribution >= 0.6 is 0 Å². The third-order valence-corrected chi connectivity index (χ3v) is 3.07. The predicted octanol–water partition coefficient (Wildman–Crippen LogP) is 2.74. The van der Waals surface area contributed by atoms with Crippen LogP contribution in [-0.2, 0) is 0 Å². The Bertz CT molecular complexity index is 356. The van der Waals surface area contributed by atoms with Crippen LogP contribution in [0, 0.1) is 13.8 Å². The van der Waals surface area contributed by atoms with E-state index in [1.807, 2.05) is 7.05 Å². The van der Waals surface area contributed by atoms with Crippen LogP contribution in [-0.4, -0.2) is 26.2 Å². The fourth-order valence-corrected chi connectivity index (χ4v) is 1.99. The van der Waals surface area contributed by atoms with Gasteiger partial charge in [-0.3, -0.25) is 0 Å². The van der Waals surface area contributed by atoms with Crippen molar-refractivity contribution in [1.29, 1.82) is 0 Å². The van der Waals surface area contributed by atoms with E-state index in [4.69, 9.17) is 0 Å². The molecule has 0 bridgehead atoms. The predicted molar refractivity (Wildman–Crippen MR) is 72.3 cm³/mol. The molecule has 16 heavy (non-hydrogen) atoms. The summed E-state index contributed by atoms with van der Waals surface area (Å²) in [6.07, 6.45) is 0. The van der Waals surface area contributed by atoms with E-state index < -0.39 is 0 Å². The van der Waals surface area contributed by atoms with E-state index in [-0.39, 0.29) is 5.54 Å². The molecule has 2 nitrogen and oxygen atoms in total. The van der Waals surface area contributed by atoms with E-state index >= 15 is 0 Å². The van der Waals surface area contributed by atoms with Gasteiger partial charge in [0.05, 0.1) is 0 Å². The molecule has 1 N–H and O–H groups in total. The number of likely N-dealkylation sites (N-methyl/N-ethyl adjacent to an activating group) is 2. The van der Waals surface area contributed by atoms with Gasteiger partial charge in [-0.15, -0.1) is 0 Å². The number of hydrogen-bond donors (Lipinski definition) is 1. The lowest BCUT2D eigenvalue weighted by Crippen LogP contribution is -2.46. The average molecular weight is 220 g/mol. The van der Waals surface area contributed by atoms with Gasteiger partial charge in [-0.05, 0) is 46.4 Å². The van der Waals surface area contributed by atoms with Crippen LogP contribution in [0.5, 0.6) is 0 Å². The van der Waals surface area contributed by atoms with Crippen molar-refractivity contribution in [2.75, 3.05) is 25.5 Å². The molecule has 0 spiro atoms. The summed E-state index contributed by atoms with van der Waals surface area (Å²) in [7, 11) is 4.16. The summed E-state index contributed by atoms with van der Waals surface area (Å²) in [5.74, 6) is 0. The van der Waals surface area contributed by atoms with Gasteiger partial charge in [-0.25, -0.2) is 0 Å². The number of rotatable bonds is 4. The second kappa shape index (κ2) is 4.88. The molecule has 90 valence electrons. The summed E-state index contributed by atoms with van der Waals surface area (Å²) in [6, 6.07) is 6.61. The van der Waals surface area contributed by atoms with E-state index in [1.54, 1.807) is 0 Å². The van der Waals surface area contributed by atoms with Gasteiger partial charge in [-0.1, -0.05) is 17.7 Å².